The Labute approximate surface area is 130 Å². The molecule has 1 amide bonds. The van der Waals surface area contributed by atoms with Gasteiger partial charge in [0.15, 0.2) is 11.7 Å². The van der Waals surface area contributed by atoms with Gasteiger partial charge in [-0.3, -0.25) is 14.4 Å². The molecule has 0 aliphatic carbocycles. The van der Waals surface area contributed by atoms with Crippen LogP contribution in [0.15, 0.2) is 30.3 Å². The summed E-state index contributed by atoms with van der Waals surface area (Å²) in [6.45, 7) is 6.91. The van der Waals surface area contributed by atoms with Gasteiger partial charge in [-0.25, -0.2) is 0 Å². The lowest BCUT2D eigenvalue weighted by molar-refractivity contribution is -0.163. The molecule has 5 nitrogen and oxygen atoms in total. The third-order valence-electron chi connectivity index (χ3n) is 3.57. The van der Waals surface area contributed by atoms with Crippen LogP contribution in [0.3, 0.4) is 0 Å². The molecule has 1 aliphatic rings. The number of hydrogen-bond donors (Lipinski definition) is 0. The van der Waals surface area contributed by atoms with Crippen molar-refractivity contribution in [2.75, 3.05) is 6.54 Å². The summed E-state index contributed by atoms with van der Waals surface area (Å²) in [7, 11) is 0. The first kappa shape index (κ1) is 16.2. The van der Waals surface area contributed by atoms with E-state index in [9.17, 15) is 14.4 Å². The summed E-state index contributed by atoms with van der Waals surface area (Å²) in [6, 6.07) is 9.16. The summed E-state index contributed by atoms with van der Waals surface area (Å²) >= 11 is 0. The smallest absolute Gasteiger partial charge is 0.326 e. The minimum absolute atomic E-state index is 0.0567. The predicted molar refractivity (Wildman–Crippen MR) is 80.9 cm³/mol. The zero-order valence-corrected chi connectivity index (χ0v) is 13.3. The van der Waals surface area contributed by atoms with Crippen LogP contribution in [0.1, 0.15) is 39.3 Å². The van der Waals surface area contributed by atoms with E-state index in [0.717, 1.165) is 5.56 Å². The van der Waals surface area contributed by atoms with Gasteiger partial charge in [0.1, 0.15) is 5.60 Å². The topological polar surface area (TPSA) is 63.7 Å². The maximum Gasteiger partial charge on any atom is 0.326 e. The second kappa shape index (κ2) is 5.91. The maximum absolute atomic E-state index is 12.5. The molecule has 1 fully saturated rings. The number of rotatable bonds is 3. The summed E-state index contributed by atoms with van der Waals surface area (Å²) in [5, 5.41) is 0. The average Bonchev–Trinajstić information content (AvgIpc) is 2.72. The summed E-state index contributed by atoms with van der Waals surface area (Å²) in [5.41, 5.74) is 0.198. The first-order valence-electron chi connectivity index (χ1n) is 7.31. The van der Waals surface area contributed by atoms with E-state index in [4.69, 9.17) is 4.74 Å². The third-order valence-corrected chi connectivity index (χ3v) is 3.57. The fourth-order valence-corrected chi connectivity index (χ4v) is 2.47. The van der Waals surface area contributed by atoms with Gasteiger partial charge in [0, 0.05) is 0 Å². The van der Waals surface area contributed by atoms with Crippen molar-refractivity contribution in [3.63, 3.8) is 0 Å². The normalized spacial score (nSPS) is 20.2. The molecule has 1 aromatic carbocycles. The average molecular weight is 303 g/mol. The first-order valence-corrected chi connectivity index (χ1v) is 7.31. The predicted octanol–water partition coefficient (Wildman–Crippen LogP) is 2.12. The number of esters is 1. The Morgan fingerprint density at radius 2 is 1.82 bits per heavy atom. The number of ketones is 1. The first-order chi connectivity index (χ1) is 10.2. The highest BCUT2D eigenvalue weighted by Crippen LogP contribution is 2.28. The highest BCUT2D eigenvalue weighted by Gasteiger charge is 2.47. The minimum atomic E-state index is -1.33. The quantitative estimate of drug-likeness (QED) is 0.634. The summed E-state index contributed by atoms with van der Waals surface area (Å²) < 4.78 is 5.19. The molecule has 1 saturated heterocycles. The van der Waals surface area contributed by atoms with Gasteiger partial charge in [-0.05, 0) is 33.3 Å². The maximum atomic E-state index is 12.5. The molecule has 1 unspecified atom stereocenters. The van der Waals surface area contributed by atoms with Crippen molar-refractivity contribution in [3.05, 3.63) is 35.9 Å². The Morgan fingerprint density at radius 3 is 2.36 bits per heavy atom. The van der Waals surface area contributed by atoms with E-state index in [0.29, 0.717) is 0 Å². The van der Waals surface area contributed by atoms with Crippen LogP contribution in [0.5, 0.6) is 0 Å². The zero-order chi connectivity index (χ0) is 16.5. The van der Waals surface area contributed by atoms with Gasteiger partial charge in [0.05, 0.1) is 12.6 Å². The van der Waals surface area contributed by atoms with Crippen LogP contribution in [0.2, 0.25) is 0 Å². The van der Waals surface area contributed by atoms with E-state index in [1.54, 1.807) is 20.8 Å². The Balaban J connectivity index is 2.17. The Hall–Kier alpha value is -2.17. The van der Waals surface area contributed by atoms with Crippen LogP contribution in [0, 0.1) is 5.92 Å². The summed E-state index contributed by atoms with van der Waals surface area (Å²) in [5.74, 6) is -2.96. The molecule has 2 rings (SSSR count). The monoisotopic (exact) mass is 303 g/mol. The molecule has 1 aromatic rings. The van der Waals surface area contributed by atoms with Gasteiger partial charge in [0.2, 0.25) is 5.91 Å². The number of carbonyl (C=O) groups is 3. The summed E-state index contributed by atoms with van der Waals surface area (Å²) in [6.07, 6.45) is 0. The van der Waals surface area contributed by atoms with Gasteiger partial charge in [-0.2, -0.15) is 0 Å². The van der Waals surface area contributed by atoms with Crippen LogP contribution < -0.4 is 0 Å². The number of carbonyl (C=O) groups excluding carboxylic acids is 3. The molecular formula is C17H21NO4. The van der Waals surface area contributed by atoms with Gasteiger partial charge in [-0.15, -0.1) is 0 Å². The van der Waals surface area contributed by atoms with E-state index < -0.39 is 29.2 Å². The van der Waals surface area contributed by atoms with Crippen molar-refractivity contribution >= 4 is 17.7 Å². The standard InChI is InChI=1S/C17H21NO4/c1-11(12-8-6-5-7-9-12)18-10-13(19)14(15(18)20)16(21)22-17(2,3)4/h5-9,11,14H,10H2,1-4H3/t11-,14?/m1/s1. The molecule has 5 heteroatoms. The Kier molecular flexibility index (Phi) is 4.35. The Morgan fingerprint density at radius 1 is 1.23 bits per heavy atom. The van der Waals surface area contributed by atoms with E-state index in [-0.39, 0.29) is 12.6 Å². The summed E-state index contributed by atoms with van der Waals surface area (Å²) in [4.78, 5) is 38.1. The lowest BCUT2D eigenvalue weighted by atomic mass is 10.1. The molecule has 0 saturated carbocycles. The van der Waals surface area contributed by atoms with Crippen molar-refractivity contribution in [2.24, 2.45) is 5.92 Å². The molecule has 0 N–H and O–H groups in total. The van der Waals surface area contributed by atoms with Crippen LogP contribution in [0.25, 0.3) is 0 Å². The second-order valence-electron chi connectivity index (χ2n) is 6.49. The van der Waals surface area contributed by atoms with Gasteiger partial charge in [-0.1, -0.05) is 30.3 Å². The van der Waals surface area contributed by atoms with Gasteiger partial charge < -0.3 is 9.64 Å². The molecule has 0 spiro atoms. The number of amides is 1. The highest BCUT2D eigenvalue weighted by atomic mass is 16.6. The van der Waals surface area contributed by atoms with Crippen molar-refractivity contribution in [2.45, 2.75) is 39.3 Å². The minimum Gasteiger partial charge on any atom is -0.459 e. The number of likely N-dealkylation sites (tertiary alicyclic amines) is 1. The van der Waals surface area contributed by atoms with Crippen molar-refractivity contribution in [1.29, 1.82) is 0 Å². The van der Waals surface area contributed by atoms with Crippen LogP contribution >= 0.6 is 0 Å². The number of hydrogen-bond acceptors (Lipinski definition) is 4. The van der Waals surface area contributed by atoms with E-state index in [1.165, 1.54) is 4.90 Å². The molecule has 0 radical (unpaired) electrons. The molecule has 1 heterocycles. The molecule has 0 bridgehead atoms. The lowest BCUT2D eigenvalue weighted by Crippen LogP contribution is -2.36. The third kappa shape index (κ3) is 3.35. The number of nitrogens with zero attached hydrogens (tertiary/aromatic N) is 1. The largest absolute Gasteiger partial charge is 0.459 e. The van der Waals surface area contributed by atoms with Crippen LogP contribution in [-0.4, -0.2) is 34.7 Å². The highest BCUT2D eigenvalue weighted by molar-refractivity contribution is 6.21. The van der Waals surface area contributed by atoms with Crippen LogP contribution in [-0.2, 0) is 19.1 Å². The molecule has 118 valence electrons. The number of Topliss-reactive ketones (excluding diaryl/α,β-unsaturated/α-hetero) is 1. The second-order valence-corrected chi connectivity index (χ2v) is 6.49. The van der Waals surface area contributed by atoms with Crippen molar-refractivity contribution in [3.8, 4) is 0 Å². The molecule has 2 atom stereocenters. The lowest BCUT2D eigenvalue weighted by Gasteiger charge is -2.25. The van der Waals surface area contributed by atoms with Crippen molar-refractivity contribution in [1.82, 2.24) is 4.90 Å². The van der Waals surface area contributed by atoms with E-state index in [2.05, 4.69) is 0 Å². The number of benzene rings is 1. The van der Waals surface area contributed by atoms with Crippen LogP contribution in [0.4, 0.5) is 0 Å². The fourth-order valence-electron chi connectivity index (χ4n) is 2.47. The zero-order valence-electron chi connectivity index (χ0n) is 13.3. The van der Waals surface area contributed by atoms with E-state index in [1.807, 2.05) is 37.3 Å². The molecule has 1 aliphatic heterocycles. The number of ether oxygens (including phenoxy) is 1. The molecular weight excluding hydrogens is 282 g/mol. The molecule has 22 heavy (non-hydrogen) atoms. The van der Waals surface area contributed by atoms with E-state index >= 15 is 0 Å². The Bertz CT molecular complexity index is 588. The van der Waals surface area contributed by atoms with Crippen molar-refractivity contribution < 1.29 is 19.1 Å². The van der Waals surface area contributed by atoms with Gasteiger partial charge in [0.25, 0.3) is 0 Å². The fraction of sp³-hybridized carbons (Fsp3) is 0.471. The van der Waals surface area contributed by atoms with Gasteiger partial charge >= 0.3 is 5.97 Å². The SMILES string of the molecule is C[C@H](c1ccccc1)N1CC(=O)C(C(=O)OC(C)(C)C)C1=O. The molecule has 0 aromatic heterocycles.